The zero-order valence-electron chi connectivity index (χ0n) is 11.9. The molecule has 0 amide bonds. The quantitative estimate of drug-likeness (QED) is 0.799. The van der Waals surface area contributed by atoms with Crippen molar-refractivity contribution in [3.05, 3.63) is 18.2 Å². The van der Waals surface area contributed by atoms with E-state index >= 15 is 0 Å². The molecule has 20 heavy (non-hydrogen) atoms. The summed E-state index contributed by atoms with van der Waals surface area (Å²) >= 11 is 0. The van der Waals surface area contributed by atoms with E-state index in [9.17, 15) is 0 Å². The van der Waals surface area contributed by atoms with Crippen LogP contribution in [0.3, 0.4) is 0 Å². The highest BCUT2D eigenvalue weighted by atomic mass is 16.5. The van der Waals surface area contributed by atoms with Crippen LogP contribution in [0.1, 0.15) is 19.9 Å². The molecule has 1 aromatic carbocycles. The molecule has 2 aromatic rings. The van der Waals surface area contributed by atoms with E-state index in [4.69, 9.17) is 16.2 Å². The zero-order valence-corrected chi connectivity index (χ0v) is 11.9. The summed E-state index contributed by atoms with van der Waals surface area (Å²) in [5.41, 5.74) is 13.6. The van der Waals surface area contributed by atoms with E-state index in [2.05, 4.69) is 29.4 Å². The second-order valence-corrected chi connectivity index (χ2v) is 5.10. The van der Waals surface area contributed by atoms with Gasteiger partial charge in [-0.15, -0.1) is 5.10 Å². The monoisotopic (exact) mass is 276 g/mol. The van der Waals surface area contributed by atoms with Crippen LogP contribution in [0, 0.1) is 5.92 Å². The number of benzene rings is 1. The van der Waals surface area contributed by atoms with Gasteiger partial charge < -0.3 is 16.2 Å². The first-order chi connectivity index (χ1) is 9.52. The van der Waals surface area contributed by atoms with Gasteiger partial charge in [0.1, 0.15) is 0 Å². The van der Waals surface area contributed by atoms with E-state index in [1.807, 2.05) is 12.1 Å². The Kier molecular flexibility index (Phi) is 4.19. The van der Waals surface area contributed by atoms with Gasteiger partial charge in [-0.2, -0.15) is 0 Å². The topological polar surface area (TPSA) is 105 Å². The van der Waals surface area contributed by atoms with E-state index < -0.39 is 0 Å². The fourth-order valence-corrected chi connectivity index (χ4v) is 2.13. The lowest BCUT2D eigenvalue weighted by Crippen LogP contribution is -2.22. The number of ether oxygens (including phenoxy) is 1. The maximum absolute atomic E-state index is 5.83. The van der Waals surface area contributed by atoms with Crippen molar-refractivity contribution in [3.63, 3.8) is 0 Å². The Morgan fingerprint density at radius 2 is 1.85 bits per heavy atom. The molecule has 0 saturated carbocycles. The number of tetrazole rings is 1. The van der Waals surface area contributed by atoms with Crippen molar-refractivity contribution in [1.82, 2.24) is 20.2 Å². The van der Waals surface area contributed by atoms with Crippen molar-refractivity contribution in [2.24, 2.45) is 5.92 Å². The van der Waals surface area contributed by atoms with Crippen LogP contribution in [0.15, 0.2) is 18.2 Å². The molecular formula is C13H20N6O. The Morgan fingerprint density at radius 3 is 2.40 bits per heavy atom. The largest absolute Gasteiger partial charge is 0.399 e. The number of aromatic nitrogens is 4. The van der Waals surface area contributed by atoms with E-state index in [0.29, 0.717) is 29.7 Å². The van der Waals surface area contributed by atoms with E-state index in [1.54, 1.807) is 17.9 Å². The van der Waals surface area contributed by atoms with Gasteiger partial charge in [0.05, 0.1) is 12.6 Å². The molecule has 4 N–H and O–H groups in total. The lowest BCUT2D eigenvalue weighted by atomic mass is 10.0. The highest BCUT2D eigenvalue weighted by Gasteiger charge is 2.21. The number of methoxy groups -OCH3 is 1. The minimum atomic E-state index is 0.0488. The Balaban J connectivity index is 2.46. The van der Waals surface area contributed by atoms with Crippen molar-refractivity contribution in [2.45, 2.75) is 19.9 Å². The molecule has 0 aliphatic heterocycles. The molecule has 0 saturated heterocycles. The highest BCUT2D eigenvalue weighted by molar-refractivity contribution is 5.67. The zero-order chi connectivity index (χ0) is 14.7. The molecule has 1 heterocycles. The van der Waals surface area contributed by atoms with E-state index in [0.717, 1.165) is 5.56 Å². The molecule has 7 nitrogen and oxygen atoms in total. The Bertz CT molecular complexity index is 560. The van der Waals surface area contributed by atoms with E-state index in [1.165, 1.54) is 0 Å². The van der Waals surface area contributed by atoms with E-state index in [-0.39, 0.29) is 6.04 Å². The third kappa shape index (κ3) is 2.88. The number of hydrogen-bond donors (Lipinski definition) is 2. The van der Waals surface area contributed by atoms with Gasteiger partial charge in [0.15, 0.2) is 5.82 Å². The molecule has 0 aliphatic carbocycles. The molecule has 7 heteroatoms. The van der Waals surface area contributed by atoms with Crippen LogP contribution >= 0.6 is 0 Å². The maximum Gasteiger partial charge on any atom is 0.182 e. The number of nitrogens with zero attached hydrogens (tertiary/aromatic N) is 4. The molecule has 0 radical (unpaired) electrons. The van der Waals surface area contributed by atoms with Crippen molar-refractivity contribution >= 4 is 11.4 Å². The molecule has 108 valence electrons. The number of anilines is 2. The first kappa shape index (κ1) is 14.3. The standard InChI is InChI=1S/C13H20N6O/c1-8(2)12(7-20-3)19-13(16-17-18-19)9-4-10(14)6-11(15)5-9/h4-6,8,12H,7,14-15H2,1-3H3. The van der Waals surface area contributed by atoms with Gasteiger partial charge in [-0.1, -0.05) is 13.8 Å². The molecule has 0 fully saturated rings. The lowest BCUT2D eigenvalue weighted by Gasteiger charge is -2.21. The average molecular weight is 276 g/mol. The van der Waals surface area contributed by atoms with Crippen LogP contribution in [0.2, 0.25) is 0 Å². The third-order valence-corrected chi connectivity index (χ3v) is 3.15. The Hall–Kier alpha value is -2.15. The molecule has 0 bridgehead atoms. The summed E-state index contributed by atoms with van der Waals surface area (Å²) in [6.07, 6.45) is 0. The smallest absolute Gasteiger partial charge is 0.182 e. The fraction of sp³-hybridized carbons (Fsp3) is 0.462. The lowest BCUT2D eigenvalue weighted by molar-refractivity contribution is 0.126. The average Bonchev–Trinajstić information content (AvgIpc) is 2.83. The van der Waals surface area contributed by atoms with Crippen molar-refractivity contribution in [2.75, 3.05) is 25.2 Å². The molecule has 1 aromatic heterocycles. The minimum absolute atomic E-state index is 0.0488. The van der Waals surface area contributed by atoms with Gasteiger partial charge in [0, 0.05) is 24.0 Å². The summed E-state index contributed by atoms with van der Waals surface area (Å²) in [5, 5.41) is 11.9. The summed E-state index contributed by atoms with van der Waals surface area (Å²) < 4.78 is 7.03. The molecule has 0 aliphatic rings. The summed E-state index contributed by atoms with van der Waals surface area (Å²) in [6.45, 7) is 4.74. The van der Waals surface area contributed by atoms with Crippen LogP contribution in [0.4, 0.5) is 11.4 Å². The predicted molar refractivity (Wildman–Crippen MR) is 77.8 cm³/mol. The number of nitrogen functional groups attached to an aromatic ring is 2. The fourth-order valence-electron chi connectivity index (χ4n) is 2.13. The van der Waals surface area contributed by atoms with Gasteiger partial charge in [-0.3, -0.25) is 0 Å². The molecule has 2 rings (SSSR count). The summed E-state index contributed by atoms with van der Waals surface area (Å²) in [7, 11) is 1.66. The first-order valence-corrected chi connectivity index (χ1v) is 6.46. The summed E-state index contributed by atoms with van der Waals surface area (Å²) in [6, 6.07) is 5.37. The summed E-state index contributed by atoms with van der Waals surface area (Å²) in [4.78, 5) is 0. The van der Waals surface area contributed by atoms with Gasteiger partial charge in [0.2, 0.25) is 0 Å². The molecular weight excluding hydrogens is 256 g/mol. The van der Waals surface area contributed by atoms with Crippen LogP contribution in [0.5, 0.6) is 0 Å². The Morgan fingerprint density at radius 1 is 1.20 bits per heavy atom. The van der Waals surface area contributed by atoms with Crippen LogP contribution < -0.4 is 11.5 Å². The third-order valence-electron chi connectivity index (χ3n) is 3.15. The maximum atomic E-state index is 5.83. The van der Waals surface area contributed by atoms with Crippen molar-refractivity contribution in [1.29, 1.82) is 0 Å². The molecule has 1 atom stereocenters. The minimum Gasteiger partial charge on any atom is -0.399 e. The number of nitrogens with two attached hydrogens (primary N) is 2. The van der Waals surface area contributed by atoms with Crippen LogP contribution in [-0.2, 0) is 4.74 Å². The Labute approximate surface area is 117 Å². The van der Waals surface area contributed by atoms with Crippen molar-refractivity contribution < 1.29 is 4.74 Å². The SMILES string of the molecule is COCC(C(C)C)n1nnnc1-c1cc(N)cc(N)c1. The second-order valence-electron chi connectivity index (χ2n) is 5.10. The number of hydrogen-bond acceptors (Lipinski definition) is 6. The second kappa shape index (κ2) is 5.87. The number of rotatable bonds is 5. The normalized spacial score (nSPS) is 12.8. The summed E-state index contributed by atoms with van der Waals surface area (Å²) in [5.74, 6) is 0.968. The van der Waals surface area contributed by atoms with Gasteiger partial charge in [-0.05, 0) is 34.5 Å². The first-order valence-electron chi connectivity index (χ1n) is 6.46. The predicted octanol–water partition coefficient (Wildman–Crippen LogP) is 1.35. The van der Waals surface area contributed by atoms with Crippen molar-refractivity contribution in [3.8, 4) is 11.4 Å². The van der Waals surface area contributed by atoms with Gasteiger partial charge in [-0.25, -0.2) is 4.68 Å². The van der Waals surface area contributed by atoms with Crippen LogP contribution in [0.25, 0.3) is 11.4 Å². The van der Waals surface area contributed by atoms with Gasteiger partial charge in [0.25, 0.3) is 0 Å². The van der Waals surface area contributed by atoms with Gasteiger partial charge >= 0.3 is 0 Å². The molecule has 0 spiro atoms. The molecule has 1 unspecified atom stereocenters. The van der Waals surface area contributed by atoms with Crippen LogP contribution in [-0.4, -0.2) is 33.9 Å². The highest BCUT2D eigenvalue weighted by Crippen LogP contribution is 2.26.